The lowest BCUT2D eigenvalue weighted by Crippen LogP contribution is -1.98. The first kappa shape index (κ1) is 27.6. The molecule has 0 unspecified atom stereocenters. The third kappa shape index (κ3) is 4.85. The van der Waals surface area contributed by atoms with Gasteiger partial charge in [0, 0.05) is 0 Å². The van der Waals surface area contributed by atoms with Crippen molar-refractivity contribution in [1.82, 2.24) is 0 Å². The van der Waals surface area contributed by atoms with Crippen LogP contribution in [0.4, 0.5) is 0 Å². The van der Waals surface area contributed by atoms with Crippen LogP contribution in [-0.2, 0) is 6.42 Å². The van der Waals surface area contributed by atoms with Crippen LogP contribution in [0.2, 0.25) is 0 Å². The zero-order valence-electron chi connectivity index (χ0n) is 26.5. The summed E-state index contributed by atoms with van der Waals surface area (Å²) in [6.07, 6.45) is 4.57. The molecule has 0 aliphatic heterocycles. The molecule has 47 heavy (non-hydrogen) atoms. The lowest BCUT2D eigenvalue weighted by atomic mass is 9.84. The van der Waals surface area contributed by atoms with Crippen molar-refractivity contribution in [2.45, 2.75) is 19.8 Å². The molecule has 1 aliphatic carbocycles. The quantitative estimate of drug-likeness (QED) is 0.177. The summed E-state index contributed by atoms with van der Waals surface area (Å²) >= 11 is 0. The number of hydrogen-bond acceptors (Lipinski definition) is 0. The zero-order chi connectivity index (χ0) is 31.3. The molecule has 0 heterocycles. The second-order valence-electron chi connectivity index (χ2n) is 12.9. The highest BCUT2D eigenvalue weighted by Crippen LogP contribution is 2.45. The lowest BCUT2D eigenvalue weighted by molar-refractivity contribution is 1.00. The minimum atomic E-state index is 1.08. The summed E-state index contributed by atoms with van der Waals surface area (Å²) in [6.45, 7) is 2.19. The van der Waals surface area contributed by atoms with Gasteiger partial charge in [0.1, 0.15) is 0 Å². The van der Waals surface area contributed by atoms with Crippen LogP contribution >= 0.6 is 0 Å². The van der Waals surface area contributed by atoms with Gasteiger partial charge in [0.2, 0.25) is 0 Å². The molecular formula is C47H34. The largest absolute Gasteiger partial charge is 0.0622 e. The Hall–Kier alpha value is -5.72. The fraction of sp³-hybridized carbons (Fsp3) is 0.0638. The molecule has 0 bridgehead atoms. The van der Waals surface area contributed by atoms with Crippen molar-refractivity contribution >= 4 is 44.0 Å². The summed E-state index contributed by atoms with van der Waals surface area (Å²) in [5, 5.41) is 7.70. The number of rotatable bonds is 4. The molecule has 0 aromatic heterocycles. The van der Waals surface area contributed by atoms with E-state index in [2.05, 4.69) is 171 Å². The second kappa shape index (κ2) is 11.3. The van der Waals surface area contributed by atoms with Gasteiger partial charge >= 0.3 is 0 Å². The molecule has 0 radical (unpaired) electrons. The molecule has 0 nitrogen and oxygen atoms in total. The Labute approximate surface area is 276 Å². The van der Waals surface area contributed by atoms with E-state index in [9.17, 15) is 0 Å². The Balaban J connectivity index is 1.22. The molecule has 0 atom stereocenters. The summed E-state index contributed by atoms with van der Waals surface area (Å²) in [5.74, 6) is 0. The van der Waals surface area contributed by atoms with Gasteiger partial charge < -0.3 is 0 Å². The average Bonchev–Trinajstić information content (AvgIpc) is 3.13. The van der Waals surface area contributed by atoms with Crippen LogP contribution < -0.4 is 0 Å². The van der Waals surface area contributed by atoms with Gasteiger partial charge in [-0.3, -0.25) is 0 Å². The number of benzene rings is 8. The van der Waals surface area contributed by atoms with Gasteiger partial charge in [0.25, 0.3) is 0 Å². The van der Waals surface area contributed by atoms with Gasteiger partial charge in [-0.2, -0.15) is 0 Å². The SMILES string of the molecule is Cc1ccc2c(-c3ccccc3)c3cc(-c4ccc5cc(C6=Cc7ccccc7CC6)ccc5c4)ccc3c(-c3ccccc3)c2c1. The predicted molar refractivity (Wildman–Crippen MR) is 203 cm³/mol. The summed E-state index contributed by atoms with van der Waals surface area (Å²) in [6, 6.07) is 58.5. The molecule has 0 spiro atoms. The molecule has 0 saturated heterocycles. The molecule has 1 aliphatic rings. The minimum absolute atomic E-state index is 1.08. The summed E-state index contributed by atoms with van der Waals surface area (Å²) in [7, 11) is 0. The zero-order valence-corrected chi connectivity index (χ0v) is 26.5. The lowest BCUT2D eigenvalue weighted by Gasteiger charge is -2.19. The van der Waals surface area contributed by atoms with Crippen molar-refractivity contribution in [3.63, 3.8) is 0 Å². The summed E-state index contributed by atoms with van der Waals surface area (Å²) in [4.78, 5) is 0. The topological polar surface area (TPSA) is 0 Å². The van der Waals surface area contributed by atoms with Crippen LogP contribution in [0, 0.1) is 6.92 Å². The fourth-order valence-corrected chi connectivity index (χ4v) is 7.64. The number of aryl methyl sites for hydroxylation is 2. The third-order valence-electron chi connectivity index (χ3n) is 9.99. The van der Waals surface area contributed by atoms with Crippen LogP contribution in [0.3, 0.4) is 0 Å². The molecule has 0 fully saturated rings. The maximum atomic E-state index is 2.42. The van der Waals surface area contributed by atoms with Crippen LogP contribution in [0.15, 0.2) is 158 Å². The average molecular weight is 599 g/mol. The third-order valence-corrected chi connectivity index (χ3v) is 9.99. The fourth-order valence-electron chi connectivity index (χ4n) is 7.64. The summed E-state index contributed by atoms with van der Waals surface area (Å²) in [5.41, 5.74) is 14.4. The number of allylic oxidation sites excluding steroid dienone is 1. The van der Waals surface area contributed by atoms with E-state index in [1.165, 1.54) is 93.5 Å². The highest BCUT2D eigenvalue weighted by atomic mass is 14.2. The highest BCUT2D eigenvalue weighted by molar-refractivity contribution is 6.22. The van der Waals surface area contributed by atoms with E-state index in [0.29, 0.717) is 0 Å². The first-order valence-electron chi connectivity index (χ1n) is 16.6. The Morgan fingerprint density at radius 3 is 1.66 bits per heavy atom. The van der Waals surface area contributed by atoms with Crippen molar-refractivity contribution in [1.29, 1.82) is 0 Å². The summed E-state index contributed by atoms with van der Waals surface area (Å²) < 4.78 is 0. The maximum Gasteiger partial charge on any atom is -0.00262 e. The molecular weight excluding hydrogens is 565 g/mol. The van der Waals surface area contributed by atoms with Crippen LogP contribution in [0.5, 0.6) is 0 Å². The first-order valence-corrected chi connectivity index (χ1v) is 16.6. The van der Waals surface area contributed by atoms with Gasteiger partial charge in [-0.25, -0.2) is 0 Å². The van der Waals surface area contributed by atoms with Crippen LogP contribution in [-0.4, -0.2) is 0 Å². The van der Waals surface area contributed by atoms with Crippen molar-refractivity contribution in [3.8, 4) is 33.4 Å². The molecule has 8 aromatic rings. The Kier molecular flexibility index (Phi) is 6.61. The van der Waals surface area contributed by atoms with E-state index < -0.39 is 0 Å². The predicted octanol–water partition coefficient (Wildman–Crippen LogP) is 12.9. The van der Waals surface area contributed by atoms with Gasteiger partial charge in [-0.15, -0.1) is 0 Å². The molecule has 9 rings (SSSR count). The number of hydrogen-bond donors (Lipinski definition) is 0. The van der Waals surface area contributed by atoms with E-state index in [0.717, 1.165) is 12.8 Å². The van der Waals surface area contributed by atoms with Crippen molar-refractivity contribution in [2.24, 2.45) is 0 Å². The Morgan fingerprint density at radius 1 is 0.383 bits per heavy atom. The van der Waals surface area contributed by atoms with Gasteiger partial charge in [0.15, 0.2) is 0 Å². The second-order valence-corrected chi connectivity index (χ2v) is 12.9. The van der Waals surface area contributed by atoms with E-state index in [1.54, 1.807) is 0 Å². The Morgan fingerprint density at radius 2 is 0.936 bits per heavy atom. The number of fused-ring (bicyclic) bond motifs is 4. The molecule has 0 amide bonds. The first-order chi connectivity index (χ1) is 23.2. The monoisotopic (exact) mass is 598 g/mol. The van der Waals surface area contributed by atoms with E-state index >= 15 is 0 Å². The molecule has 8 aromatic carbocycles. The normalized spacial score (nSPS) is 12.7. The maximum absolute atomic E-state index is 2.42. The van der Waals surface area contributed by atoms with Gasteiger partial charge in [-0.1, -0.05) is 151 Å². The van der Waals surface area contributed by atoms with Crippen molar-refractivity contribution in [3.05, 3.63) is 180 Å². The Bertz CT molecular complexity index is 2500. The molecule has 222 valence electrons. The highest BCUT2D eigenvalue weighted by Gasteiger charge is 2.18. The van der Waals surface area contributed by atoms with Crippen molar-refractivity contribution < 1.29 is 0 Å². The minimum Gasteiger partial charge on any atom is -0.0622 e. The van der Waals surface area contributed by atoms with Gasteiger partial charge in [0.05, 0.1) is 0 Å². The van der Waals surface area contributed by atoms with Gasteiger partial charge in [-0.05, 0) is 126 Å². The van der Waals surface area contributed by atoms with E-state index in [1.807, 2.05) is 0 Å². The van der Waals surface area contributed by atoms with Crippen LogP contribution in [0.1, 0.15) is 28.7 Å². The molecule has 0 N–H and O–H groups in total. The standard InChI is InChI=1S/C47H34/c1-31-16-24-42-44(26-31)46(33-11-4-2-5-12-33)43-25-23-41(30-45(43)47(42)34-13-6-3-7-14-34)40-22-21-38-28-37(19-20-39(38)29-40)36-18-17-32-10-8-9-15-35(32)27-36/h2-16,19-30H,17-18H2,1H3. The van der Waals surface area contributed by atoms with Crippen molar-refractivity contribution in [2.75, 3.05) is 0 Å². The molecule has 0 saturated carbocycles. The smallest absolute Gasteiger partial charge is 0.00262 e. The van der Waals surface area contributed by atoms with E-state index in [-0.39, 0.29) is 0 Å². The van der Waals surface area contributed by atoms with E-state index in [4.69, 9.17) is 0 Å². The van der Waals surface area contributed by atoms with Crippen LogP contribution in [0.25, 0.3) is 77.3 Å². The molecule has 0 heteroatoms.